The number of rotatable bonds is 3. The molecule has 1 aromatic rings. The summed E-state index contributed by atoms with van der Waals surface area (Å²) in [7, 11) is 0. The molecule has 0 aliphatic carbocycles. The van der Waals surface area contributed by atoms with Crippen LogP contribution in [-0.4, -0.2) is 21.4 Å². The maximum atomic E-state index is 9.35. The molecule has 1 aromatic heterocycles. The maximum absolute atomic E-state index is 9.35. The number of aromatic nitrogens is 2. The van der Waals surface area contributed by atoms with E-state index in [4.69, 9.17) is 5.73 Å². The summed E-state index contributed by atoms with van der Waals surface area (Å²) >= 11 is 0. The van der Waals surface area contributed by atoms with Crippen molar-refractivity contribution in [2.45, 2.75) is 26.0 Å². The molecule has 1 atom stereocenters. The molecule has 0 spiro atoms. The predicted molar refractivity (Wildman–Crippen MR) is 46.6 cm³/mol. The highest BCUT2D eigenvalue weighted by atomic mass is 16.3. The molecular weight excluding hydrogens is 154 g/mol. The van der Waals surface area contributed by atoms with Gasteiger partial charge in [0.2, 0.25) is 0 Å². The Morgan fingerprint density at radius 1 is 1.67 bits per heavy atom. The first-order valence-corrected chi connectivity index (χ1v) is 4.07. The third-order valence-electron chi connectivity index (χ3n) is 1.76. The summed E-state index contributed by atoms with van der Waals surface area (Å²) in [6, 6.07) is 0.323. The Kier molecular flexibility index (Phi) is 2.83. The summed E-state index contributed by atoms with van der Waals surface area (Å²) < 4.78 is 1.80. The Balaban J connectivity index is 2.77. The van der Waals surface area contributed by atoms with Crippen LogP contribution in [-0.2, 0) is 0 Å². The molecule has 3 N–H and O–H groups in total. The Morgan fingerprint density at radius 3 is 2.75 bits per heavy atom. The van der Waals surface area contributed by atoms with Crippen LogP contribution in [0.1, 0.15) is 31.6 Å². The zero-order valence-electron chi connectivity index (χ0n) is 7.44. The van der Waals surface area contributed by atoms with Crippen molar-refractivity contribution in [1.29, 1.82) is 0 Å². The SMILES string of the molecule is CC(C)n1cc([C@@H](O)CN)cn1. The maximum Gasteiger partial charge on any atom is 0.0942 e. The van der Waals surface area contributed by atoms with Gasteiger partial charge in [0.25, 0.3) is 0 Å². The fraction of sp³-hybridized carbons (Fsp3) is 0.625. The number of aliphatic hydroxyl groups excluding tert-OH is 1. The van der Waals surface area contributed by atoms with Gasteiger partial charge in [-0.25, -0.2) is 0 Å². The van der Waals surface area contributed by atoms with E-state index in [9.17, 15) is 5.11 Å². The standard InChI is InChI=1S/C8H15N3O/c1-6(2)11-5-7(4-10-11)8(12)3-9/h4-6,8,12H,3,9H2,1-2H3/t8-/m0/s1. The van der Waals surface area contributed by atoms with Gasteiger partial charge in [-0.3, -0.25) is 4.68 Å². The second kappa shape index (κ2) is 3.69. The molecule has 0 aliphatic rings. The second-order valence-electron chi connectivity index (χ2n) is 3.10. The molecule has 0 radical (unpaired) electrons. The molecule has 4 heteroatoms. The molecule has 0 fully saturated rings. The average molecular weight is 169 g/mol. The minimum absolute atomic E-state index is 0.240. The summed E-state index contributed by atoms with van der Waals surface area (Å²) in [5, 5.41) is 13.4. The minimum Gasteiger partial charge on any atom is -0.387 e. The molecule has 0 saturated carbocycles. The third-order valence-corrected chi connectivity index (χ3v) is 1.76. The van der Waals surface area contributed by atoms with Crippen LogP contribution in [0.4, 0.5) is 0 Å². The molecule has 0 bridgehead atoms. The van der Waals surface area contributed by atoms with Crippen LogP contribution in [0, 0.1) is 0 Å². The molecule has 68 valence electrons. The Morgan fingerprint density at radius 2 is 2.33 bits per heavy atom. The summed E-state index contributed by atoms with van der Waals surface area (Å²) in [6.45, 7) is 4.31. The smallest absolute Gasteiger partial charge is 0.0942 e. The average Bonchev–Trinajstić information content (AvgIpc) is 2.51. The quantitative estimate of drug-likeness (QED) is 0.690. The first kappa shape index (κ1) is 9.22. The van der Waals surface area contributed by atoms with Crippen molar-refractivity contribution in [3.05, 3.63) is 18.0 Å². The largest absolute Gasteiger partial charge is 0.387 e. The highest BCUT2D eigenvalue weighted by Gasteiger charge is 2.08. The van der Waals surface area contributed by atoms with E-state index in [0.717, 1.165) is 5.56 Å². The van der Waals surface area contributed by atoms with E-state index >= 15 is 0 Å². The van der Waals surface area contributed by atoms with E-state index in [0.29, 0.717) is 6.04 Å². The van der Waals surface area contributed by atoms with E-state index in [2.05, 4.69) is 5.10 Å². The molecule has 0 saturated heterocycles. The van der Waals surface area contributed by atoms with Crippen LogP contribution in [0.25, 0.3) is 0 Å². The summed E-state index contributed by atoms with van der Waals surface area (Å²) in [5.41, 5.74) is 6.09. The van der Waals surface area contributed by atoms with Crippen LogP contribution in [0.5, 0.6) is 0 Å². The van der Waals surface area contributed by atoms with Crippen molar-refractivity contribution in [2.24, 2.45) is 5.73 Å². The topological polar surface area (TPSA) is 64.1 Å². The van der Waals surface area contributed by atoms with Crippen molar-refractivity contribution < 1.29 is 5.11 Å². The number of hydrogen-bond donors (Lipinski definition) is 2. The van der Waals surface area contributed by atoms with Crippen LogP contribution in [0.2, 0.25) is 0 Å². The Labute approximate surface area is 72.0 Å². The van der Waals surface area contributed by atoms with Crippen molar-refractivity contribution in [1.82, 2.24) is 9.78 Å². The van der Waals surface area contributed by atoms with Crippen LogP contribution in [0.15, 0.2) is 12.4 Å². The molecule has 0 aliphatic heterocycles. The van der Waals surface area contributed by atoms with Gasteiger partial charge in [0.15, 0.2) is 0 Å². The van der Waals surface area contributed by atoms with Crippen LogP contribution < -0.4 is 5.73 Å². The monoisotopic (exact) mass is 169 g/mol. The zero-order chi connectivity index (χ0) is 9.14. The van der Waals surface area contributed by atoms with Gasteiger partial charge in [0.05, 0.1) is 12.3 Å². The highest BCUT2D eigenvalue weighted by Crippen LogP contribution is 2.12. The fourth-order valence-electron chi connectivity index (χ4n) is 0.943. The molecule has 0 unspecified atom stereocenters. The van der Waals surface area contributed by atoms with Crippen molar-refractivity contribution in [2.75, 3.05) is 6.54 Å². The first-order valence-electron chi connectivity index (χ1n) is 4.07. The number of nitrogens with zero attached hydrogens (tertiary/aromatic N) is 2. The lowest BCUT2D eigenvalue weighted by atomic mass is 10.2. The first-order chi connectivity index (χ1) is 5.65. The Hall–Kier alpha value is -0.870. The minimum atomic E-state index is -0.586. The number of aliphatic hydroxyl groups is 1. The lowest BCUT2D eigenvalue weighted by Crippen LogP contribution is -2.10. The van der Waals surface area contributed by atoms with Crippen LogP contribution in [0.3, 0.4) is 0 Å². The van der Waals surface area contributed by atoms with E-state index in [-0.39, 0.29) is 6.54 Å². The molecular formula is C8H15N3O. The predicted octanol–water partition coefficient (Wildman–Crippen LogP) is 0.456. The van der Waals surface area contributed by atoms with Crippen molar-refractivity contribution >= 4 is 0 Å². The van der Waals surface area contributed by atoms with Crippen LogP contribution >= 0.6 is 0 Å². The van der Waals surface area contributed by atoms with Gasteiger partial charge >= 0.3 is 0 Å². The van der Waals surface area contributed by atoms with E-state index in [1.807, 2.05) is 20.0 Å². The number of hydrogen-bond acceptors (Lipinski definition) is 3. The van der Waals surface area contributed by atoms with Gasteiger partial charge < -0.3 is 10.8 Å². The summed E-state index contributed by atoms with van der Waals surface area (Å²) in [4.78, 5) is 0. The summed E-state index contributed by atoms with van der Waals surface area (Å²) in [5.74, 6) is 0. The second-order valence-corrected chi connectivity index (χ2v) is 3.10. The third kappa shape index (κ3) is 1.84. The zero-order valence-corrected chi connectivity index (χ0v) is 7.44. The van der Waals surface area contributed by atoms with E-state index < -0.39 is 6.10 Å². The van der Waals surface area contributed by atoms with Gasteiger partial charge in [-0.2, -0.15) is 5.10 Å². The van der Waals surface area contributed by atoms with E-state index in [1.165, 1.54) is 0 Å². The lowest BCUT2D eigenvalue weighted by Gasteiger charge is -2.05. The molecule has 1 rings (SSSR count). The molecule has 12 heavy (non-hydrogen) atoms. The van der Waals surface area contributed by atoms with Gasteiger partial charge in [0, 0.05) is 24.3 Å². The highest BCUT2D eigenvalue weighted by molar-refractivity contribution is 5.08. The number of nitrogens with two attached hydrogens (primary N) is 1. The van der Waals surface area contributed by atoms with Crippen molar-refractivity contribution in [3.63, 3.8) is 0 Å². The molecule has 0 aromatic carbocycles. The molecule has 0 amide bonds. The Bertz CT molecular complexity index is 244. The fourth-order valence-corrected chi connectivity index (χ4v) is 0.943. The van der Waals surface area contributed by atoms with Gasteiger partial charge in [0.1, 0.15) is 0 Å². The van der Waals surface area contributed by atoms with Gasteiger partial charge in [-0.15, -0.1) is 0 Å². The van der Waals surface area contributed by atoms with Gasteiger partial charge in [-0.1, -0.05) is 0 Å². The lowest BCUT2D eigenvalue weighted by molar-refractivity contribution is 0.186. The summed E-state index contributed by atoms with van der Waals surface area (Å²) in [6.07, 6.45) is 2.89. The molecule has 4 nitrogen and oxygen atoms in total. The molecule has 1 heterocycles. The van der Waals surface area contributed by atoms with E-state index in [1.54, 1.807) is 10.9 Å². The normalized spacial score (nSPS) is 13.8. The van der Waals surface area contributed by atoms with Gasteiger partial charge in [-0.05, 0) is 13.8 Å². The van der Waals surface area contributed by atoms with Crippen molar-refractivity contribution in [3.8, 4) is 0 Å².